The van der Waals surface area contributed by atoms with Crippen molar-refractivity contribution in [2.24, 2.45) is 16.7 Å². The highest BCUT2D eigenvalue weighted by Gasteiger charge is 2.63. The maximum atomic E-state index is 13.3. The third-order valence-electron chi connectivity index (χ3n) is 9.25. The van der Waals surface area contributed by atoms with Crippen LogP contribution in [0.3, 0.4) is 0 Å². The van der Waals surface area contributed by atoms with Gasteiger partial charge in [-0.1, -0.05) is 51.1 Å². The molecule has 0 atom stereocenters. The molecule has 1 heterocycles. The van der Waals surface area contributed by atoms with E-state index < -0.39 is 11.6 Å². The van der Waals surface area contributed by atoms with Crippen molar-refractivity contribution in [1.29, 1.82) is 5.26 Å². The highest BCUT2D eigenvalue weighted by Crippen LogP contribution is 2.60. The molecule has 220 valence electrons. The molecule has 0 unspecified atom stereocenters. The van der Waals surface area contributed by atoms with Crippen molar-refractivity contribution in [2.75, 3.05) is 13.2 Å². The second-order valence-electron chi connectivity index (χ2n) is 12.9. The Kier molecular flexibility index (Phi) is 8.05. The van der Waals surface area contributed by atoms with Crippen LogP contribution in [0.4, 0.5) is 0 Å². The number of fused-ring (bicyclic) bond motifs is 1. The number of unbranched alkanes of at least 4 members (excludes halogenated alkanes) is 2. The van der Waals surface area contributed by atoms with Crippen LogP contribution < -0.4 is 4.74 Å². The molecule has 3 aliphatic rings. The molecular formula is C34H37ClN2O5. The monoisotopic (exact) mass is 588 g/mol. The second-order valence-corrected chi connectivity index (χ2v) is 13.3. The van der Waals surface area contributed by atoms with Gasteiger partial charge < -0.3 is 19.5 Å². The molecular weight excluding hydrogens is 552 g/mol. The summed E-state index contributed by atoms with van der Waals surface area (Å²) in [6.07, 6.45) is 3.44. The maximum Gasteiger partial charge on any atom is 0.335 e. The van der Waals surface area contributed by atoms with Gasteiger partial charge in [0.05, 0.1) is 10.6 Å². The number of nitriles is 1. The standard InChI is InChI=1S/C34H37ClN2O5/c1-32(2)28(33(3,4)30(32)42-25-12-11-23(19-36)27(35)18-25)21-37-20-24-17-22(10-13-26(24)29(37)38)9-7-5-6-8-16-41-34(14-15-34)31(39)40/h10-13,17-18,28,30H,5-6,8,14-16,20-21H2,1-4H3,(H,39,40). The van der Waals surface area contributed by atoms with Crippen molar-refractivity contribution in [1.82, 2.24) is 4.90 Å². The largest absolute Gasteiger partial charge is 0.489 e. The van der Waals surface area contributed by atoms with E-state index in [0.29, 0.717) is 55.3 Å². The molecule has 0 aromatic heterocycles. The Morgan fingerprint density at radius 1 is 1.12 bits per heavy atom. The Morgan fingerprint density at radius 3 is 2.50 bits per heavy atom. The number of hydrogen-bond donors (Lipinski definition) is 1. The fourth-order valence-electron chi connectivity index (χ4n) is 6.86. The summed E-state index contributed by atoms with van der Waals surface area (Å²) in [6.45, 7) is 10.4. The lowest BCUT2D eigenvalue weighted by Crippen LogP contribution is -2.68. The van der Waals surface area contributed by atoms with Gasteiger partial charge in [-0.15, -0.1) is 0 Å². The topological polar surface area (TPSA) is 99.9 Å². The minimum Gasteiger partial charge on any atom is -0.489 e. The number of amides is 1. The van der Waals surface area contributed by atoms with Crippen LogP contribution in [-0.2, 0) is 16.1 Å². The van der Waals surface area contributed by atoms with Crippen molar-refractivity contribution in [3.63, 3.8) is 0 Å². The van der Waals surface area contributed by atoms with E-state index in [-0.39, 0.29) is 28.8 Å². The summed E-state index contributed by atoms with van der Waals surface area (Å²) in [5.74, 6) is 6.46. The van der Waals surface area contributed by atoms with E-state index in [9.17, 15) is 9.59 Å². The average molecular weight is 589 g/mol. The minimum absolute atomic E-state index is 0.0501. The summed E-state index contributed by atoms with van der Waals surface area (Å²) >= 11 is 6.23. The average Bonchev–Trinajstić information content (AvgIpc) is 3.67. The first-order valence-corrected chi connectivity index (χ1v) is 14.9. The molecule has 2 fully saturated rings. The first-order chi connectivity index (χ1) is 19.9. The van der Waals surface area contributed by atoms with Crippen LogP contribution >= 0.6 is 11.6 Å². The lowest BCUT2D eigenvalue weighted by Gasteiger charge is -2.64. The fraction of sp³-hybridized carbons (Fsp3) is 0.500. The van der Waals surface area contributed by atoms with E-state index in [1.165, 1.54) is 0 Å². The van der Waals surface area contributed by atoms with Crippen LogP contribution in [0, 0.1) is 39.9 Å². The van der Waals surface area contributed by atoms with Gasteiger partial charge in [-0.05, 0) is 67.5 Å². The van der Waals surface area contributed by atoms with Gasteiger partial charge in [0.1, 0.15) is 17.9 Å². The van der Waals surface area contributed by atoms with E-state index >= 15 is 0 Å². The molecule has 2 aromatic carbocycles. The fourth-order valence-corrected chi connectivity index (χ4v) is 7.08. The van der Waals surface area contributed by atoms with Crippen molar-refractivity contribution in [3.8, 4) is 23.7 Å². The number of carbonyl (C=O) groups is 2. The van der Waals surface area contributed by atoms with Crippen LogP contribution in [0.5, 0.6) is 5.75 Å². The zero-order chi connectivity index (χ0) is 30.3. The van der Waals surface area contributed by atoms with Gasteiger partial charge in [-0.25, -0.2) is 4.79 Å². The van der Waals surface area contributed by atoms with Crippen LogP contribution in [0.2, 0.25) is 5.02 Å². The lowest BCUT2D eigenvalue weighted by molar-refractivity contribution is -0.202. The Labute approximate surface area is 252 Å². The number of nitrogens with zero attached hydrogens (tertiary/aromatic N) is 2. The van der Waals surface area contributed by atoms with Crippen LogP contribution in [0.25, 0.3) is 0 Å². The van der Waals surface area contributed by atoms with Crippen LogP contribution in [0.15, 0.2) is 36.4 Å². The van der Waals surface area contributed by atoms with Crippen LogP contribution in [-0.4, -0.2) is 46.7 Å². The molecule has 2 saturated carbocycles. The molecule has 1 N–H and O–H groups in total. The predicted octanol–water partition coefficient (Wildman–Crippen LogP) is 6.45. The summed E-state index contributed by atoms with van der Waals surface area (Å²) in [5.41, 5.74) is 1.74. The summed E-state index contributed by atoms with van der Waals surface area (Å²) in [6, 6.07) is 13.0. The quantitative estimate of drug-likeness (QED) is 0.253. The summed E-state index contributed by atoms with van der Waals surface area (Å²) in [7, 11) is 0. The minimum atomic E-state index is -0.929. The SMILES string of the molecule is CC1(C)C(CN2Cc3cc(C#CCCCCOC4(C(=O)O)CC4)ccc3C2=O)C(C)(C)C1Oc1ccc(C#N)c(Cl)c1. The predicted molar refractivity (Wildman–Crippen MR) is 159 cm³/mol. The number of hydrogen-bond acceptors (Lipinski definition) is 5. The number of carbonyl (C=O) groups excluding carboxylic acids is 1. The highest BCUT2D eigenvalue weighted by atomic mass is 35.5. The van der Waals surface area contributed by atoms with Gasteiger partial charge in [-0.2, -0.15) is 5.26 Å². The molecule has 42 heavy (non-hydrogen) atoms. The molecule has 2 aliphatic carbocycles. The first-order valence-electron chi connectivity index (χ1n) is 14.5. The molecule has 1 amide bonds. The van der Waals surface area contributed by atoms with E-state index in [2.05, 4.69) is 45.6 Å². The van der Waals surface area contributed by atoms with Gasteiger partial charge in [-0.3, -0.25) is 4.79 Å². The maximum absolute atomic E-state index is 13.3. The Morgan fingerprint density at radius 2 is 1.86 bits per heavy atom. The summed E-state index contributed by atoms with van der Waals surface area (Å²) < 4.78 is 12.0. The first kappa shape index (κ1) is 30.0. The van der Waals surface area contributed by atoms with Crippen LogP contribution in [0.1, 0.15) is 86.8 Å². The number of benzene rings is 2. The number of halogens is 1. The normalized spacial score (nSPS) is 22.3. The van der Waals surface area contributed by atoms with Gasteiger partial charge in [0.15, 0.2) is 5.60 Å². The van der Waals surface area contributed by atoms with E-state index in [0.717, 1.165) is 29.5 Å². The number of rotatable bonds is 10. The van der Waals surface area contributed by atoms with Gasteiger partial charge >= 0.3 is 5.97 Å². The third-order valence-corrected chi connectivity index (χ3v) is 9.56. The molecule has 5 rings (SSSR count). The van der Waals surface area contributed by atoms with Crippen molar-refractivity contribution >= 4 is 23.5 Å². The van der Waals surface area contributed by atoms with E-state index in [1.807, 2.05) is 23.1 Å². The smallest absolute Gasteiger partial charge is 0.335 e. The van der Waals surface area contributed by atoms with Gasteiger partial charge in [0, 0.05) is 54.1 Å². The summed E-state index contributed by atoms with van der Waals surface area (Å²) in [5, 5.41) is 18.7. The molecule has 8 heteroatoms. The molecule has 0 spiro atoms. The number of carboxylic acid groups (broad SMARTS) is 1. The highest BCUT2D eigenvalue weighted by molar-refractivity contribution is 6.31. The van der Waals surface area contributed by atoms with E-state index in [4.69, 9.17) is 31.4 Å². The Bertz CT molecular complexity index is 1490. The Balaban J connectivity index is 1.15. The number of ether oxygens (including phenoxy) is 2. The van der Waals surface area contributed by atoms with Crippen molar-refractivity contribution < 1.29 is 24.2 Å². The lowest BCUT2D eigenvalue weighted by atomic mass is 9.45. The molecule has 0 saturated heterocycles. The second kappa shape index (κ2) is 11.3. The van der Waals surface area contributed by atoms with Gasteiger partial charge in [0.2, 0.25) is 0 Å². The molecule has 0 radical (unpaired) electrons. The molecule has 1 aliphatic heterocycles. The number of aliphatic carboxylic acids is 1. The zero-order valence-corrected chi connectivity index (χ0v) is 25.4. The van der Waals surface area contributed by atoms with E-state index in [1.54, 1.807) is 18.2 Å². The van der Waals surface area contributed by atoms with Gasteiger partial charge in [0.25, 0.3) is 5.91 Å². The Hall–Kier alpha value is -3.52. The zero-order valence-electron chi connectivity index (χ0n) is 24.6. The summed E-state index contributed by atoms with van der Waals surface area (Å²) in [4.78, 5) is 26.4. The molecule has 7 nitrogen and oxygen atoms in total. The molecule has 2 aromatic rings. The van der Waals surface area contributed by atoms with Crippen molar-refractivity contribution in [2.45, 2.75) is 78.0 Å². The van der Waals surface area contributed by atoms with Crippen molar-refractivity contribution in [3.05, 3.63) is 63.7 Å². The third kappa shape index (κ3) is 5.61. The number of carboxylic acids is 1. The molecule has 0 bridgehead atoms.